The first-order valence-corrected chi connectivity index (χ1v) is 13.8. The zero-order chi connectivity index (χ0) is 27.0. The number of hydrogen-bond donors (Lipinski definition) is 1. The van der Waals surface area contributed by atoms with Gasteiger partial charge in [0, 0.05) is 32.2 Å². The Morgan fingerprint density at radius 2 is 1.75 bits per heavy atom. The second-order valence-electron chi connectivity index (χ2n) is 9.02. The Labute approximate surface area is 220 Å². The number of nitrogens with one attached hydrogen (secondary N) is 1. The Morgan fingerprint density at radius 3 is 2.36 bits per heavy atom. The summed E-state index contributed by atoms with van der Waals surface area (Å²) >= 11 is 6.36. The van der Waals surface area contributed by atoms with Crippen molar-refractivity contribution in [2.75, 3.05) is 31.5 Å². The summed E-state index contributed by atoms with van der Waals surface area (Å²) in [6, 6.07) is 11.7. The van der Waals surface area contributed by atoms with Crippen molar-refractivity contribution in [1.82, 2.24) is 14.5 Å². The molecule has 0 radical (unpaired) electrons. The highest BCUT2D eigenvalue weighted by Crippen LogP contribution is 2.26. The van der Waals surface area contributed by atoms with Gasteiger partial charge in [-0.1, -0.05) is 55.3 Å². The molecule has 0 aliphatic carbocycles. The molecule has 2 aromatic rings. The molecule has 0 spiro atoms. The first-order chi connectivity index (χ1) is 16.9. The minimum atomic E-state index is -4.01. The average Bonchev–Trinajstić information content (AvgIpc) is 2.83. The van der Waals surface area contributed by atoms with Crippen LogP contribution in [-0.2, 0) is 26.3 Å². The monoisotopic (exact) mass is 536 g/mol. The number of carbonyl (C=O) groups excluding carboxylic acids is 2. The van der Waals surface area contributed by atoms with Crippen molar-refractivity contribution in [3.8, 4) is 0 Å². The highest BCUT2D eigenvalue weighted by molar-refractivity contribution is 7.90. The molecule has 1 N–H and O–H groups in total. The third-order valence-corrected chi connectivity index (χ3v) is 8.12. The molecule has 0 aliphatic heterocycles. The van der Waals surface area contributed by atoms with Crippen LogP contribution in [0.5, 0.6) is 0 Å². The molecule has 2 amide bonds. The molecule has 1 unspecified atom stereocenters. The molecule has 2 rings (SSSR count). The van der Waals surface area contributed by atoms with Gasteiger partial charge in [-0.2, -0.15) is 12.7 Å². The molecule has 0 heterocycles. The Hall–Kier alpha value is -2.62. The van der Waals surface area contributed by atoms with E-state index in [1.165, 1.54) is 19.0 Å². The number of carbonyl (C=O) groups is 2. The SMILES string of the molecule is CCCCNC(=O)C(C)N(Cc1ccccc1Cl)C(=O)CN(c1cc(C)ccc1C)S(=O)(=O)N(C)C. The van der Waals surface area contributed by atoms with E-state index >= 15 is 0 Å². The molecular formula is C26H37ClN4O4S. The second-order valence-corrected chi connectivity index (χ2v) is 11.5. The van der Waals surface area contributed by atoms with Gasteiger partial charge in [-0.25, -0.2) is 4.31 Å². The van der Waals surface area contributed by atoms with Crippen molar-refractivity contribution >= 4 is 39.3 Å². The molecule has 0 aliphatic rings. The van der Waals surface area contributed by atoms with Gasteiger partial charge in [0.1, 0.15) is 12.6 Å². The van der Waals surface area contributed by atoms with Crippen LogP contribution in [0.2, 0.25) is 5.02 Å². The summed E-state index contributed by atoms with van der Waals surface area (Å²) in [4.78, 5) is 28.1. The van der Waals surface area contributed by atoms with E-state index in [9.17, 15) is 18.0 Å². The fourth-order valence-corrected chi connectivity index (χ4v) is 4.93. The Bertz CT molecular complexity index is 1170. The second kappa shape index (κ2) is 13.1. The van der Waals surface area contributed by atoms with E-state index in [0.717, 1.165) is 27.0 Å². The summed E-state index contributed by atoms with van der Waals surface area (Å²) < 4.78 is 28.8. The van der Waals surface area contributed by atoms with E-state index in [1.807, 2.05) is 26.0 Å². The summed E-state index contributed by atoms with van der Waals surface area (Å²) in [6.07, 6.45) is 1.74. The molecule has 0 saturated heterocycles. The topological polar surface area (TPSA) is 90.0 Å². The molecule has 36 heavy (non-hydrogen) atoms. The number of benzene rings is 2. The molecular weight excluding hydrogens is 500 g/mol. The number of aryl methyl sites for hydroxylation is 2. The van der Waals surface area contributed by atoms with Gasteiger partial charge in [0.05, 0.1) is 5.69 Å². The fraction of sp³-hybridized carbons (Fsp3) is 0.462. The zero-order valence-corrected chi connectivity index (χ0v) is 23.5. The average molecular weight is 537 g/mol. The first-order valence-electron chi connectivity index (χ1n) is 12.0. The summed E-state index contributed by atoms with van der Waals surface area (Å²) in [5, 5.41) is 3.32. The lowest BCUT2D eigenvalue weighted by Gasteiger charge is -2.33. The predicted molar refractivity (Wildman–Crippen MR) is 145 cm³/mol. The fourth-order valence-electron chi connectivity index (χ4n) is 3.62. The van der Waals surface area contributed by atoms with Crippen LogP contribution in [0, 0.1) is 13.8 Å². The molecule has 8 nitrogen and oxygen atoms in total. The summed E-state index contributed by atoms with van der Waals surface area (Å²) in [5.41, 5.74) is 2.64. The zero-order valence-electron chi connectivity index (χ0n) is 21.9. The van der Waals surface area contributed by atoms with Gasteiger partial charge in [-0.05, 0) is 56.0 Å². The van der Waals surface area contributed by atoms with Gasteiger partial charge in [-0.3, -0.25) is 9.59 Å². The Kier molecular flexibility index (Phi) is 10.8. The summed E-state index contributed by atoms with van der Waals surface area (Å²) in [5.74, 6) is -0.822. The molecule has 198 valence electrons. The normalized spacial score (nSPS) is 12.3. The van der Waals surface area contributed by atoms with Crippen molar-refractivity contribution in [2.24, 2.45) is 0 Å². The summed E-state index contributed by atoms with van der Waals surface area (Å²) in [6.45, 7) is 7.40. The van der Waals surface area contributed by atoms with Crippen molar-refractivity contribution in [1.29, 1.82) is 0 Å². The Balaban J connectivity index is 2.48. The van der Waals surface area contributed by atoms with E-state index in [-0.39, 0.29) is 12.5 Å². The Morgan fingerprint density at radius 1 is 1.08 bits per heavy atom. The lowest BCUT2D eigenvalue weighted by molar-refractivity contribution is -0.139. The van der Waals surface area contributed by atoms with Gasteiger partial charge in [0.25, 0.3) is 0 Å². The molecule has 10 heteroatoms. The van der Waals surface area contributed by atoms with Crippen LogP contribution in [0.1, 0.15) is 43.4 Å². The quantitative estimate of drug-likeness (QED) is 0.416. The maximum Gasteiger partial charge on any atom is 0.304 e. The molecule has 2 aromatic carbocycles. The maximum atomic E-state index is 13.8. The first kappa shape index (κ1) is 29.6. The van der Waals surface area contributed by atoms with Gasteiger partial charge in [0.2, 0.25) is 11.8 Å². The lowest BCUT2D eigenvalue weighted by Crippen LogP contribution is -2.52. The number of halogens is 1. The van der Waals surface area contributed by atoms with E-state index < -0.39 is 28.7 Å². The number of unbranched alkanes of at least 4 members (excludes halogenated alkanes) is 1. The van der Waals surface area contributed by atoms with Crippen LogP contribution in [0.3, 0.4) is 0 Å². The van der Waals surface area contributed by atoms with E-state index in [1.54, 1.807) is 44.2 Å². The number of anilines is 1. The van der Waals surface area contributed by atoms with Crippen LogP contribution in [0.4, 0.5) is 5.69 Å². The minimum absolute atomic E-state index is 0.0591. The standard InChI is InChI=1S/C26H37ClN4O4S/c1-7-8-15-28-26(33)21(4)30(17-22-11-9-10-12-23(22)27)25(32)18-31(36(34,35)29(5)6)24-16-19(2)13-14-20(24)3/h9-14,16,21H,7-8,15,17-18H2,1-6H3,(H,28,33). The van der Waals surface area contributed by atoms with Crippen LogP contribution >= 0.6 is 11.6 Å². The van der Waals surface area contributed by atoms with Crippen LogP contribution in [0.25, 0.3) is 0 Å². The summed E-state index contributed by atoms with van der Waals surface area (Å²) in [7, 11) is -1.17. The minimum Gasteiger partial charge on any atom is -0.354 e. The number of amides is 2. The lowest BCUT2D eigenvalue weighted by atomic mass is 10.1. The molecule has 0 aromatic heterocycles. The van der Waals surface area contributed by atoms with Gasteiger partial charge in [0.15, 0.2) is 0 Å². The van der Waals surface area contributed by atoms with Crippen LogP contribution in [-0.4, -0.2) is 62.7 Å². The smallest absolute Gasteiger partial charge is 0.304 e. The van der Waals surface area contributed by atoms with Crippen molar-refractivity contribution in [3.05, 3.63) is 64.2 Å². The van der Waals surface area contributed by atoms with E-state index in [2.05, 4.69) is 5.32 Å². The van der Waals surface area contributed by atoms with E-state index in [4.69, 9.17) is 11.6 Å². The van der Waals surface area contributed by atoms with Gasteiger partial charge >= 0.3 is 10.2 Å². The number of hydrogen-bond acceptors (Lipinski definition) is 4. The maximum absolute atomic E-state index is 13.8. The third kappa shape index (κ3) is 7.44. The van der Waals surface area contributed by atoms with Crippen molar-refractivity contribution < 1.29 is 18.0 Å². The molecule has 0 fully saturated rings. The van der Waals surface area contributed by atoms with Crippen LogP contribution in [0.15, 0.2) is 42.5 Å². The molecule has 0 saturated carbocycles. The van der Waals surface area contributed by atoms with Crippen molar-refractivity contribution in [2.45, 2.75) is 53.1 Å². The molecule has 0 bridgehead atoms. The predicted octanol–water partition coefficient (Wildman–Crippen LogP) is 3.90. The van der Waals surface area contributed by atoms with Crippen LogP contribution < -0.4 is 9.62 Å². The largest absolute Gasteiger partial charge is 0.354 e. The number of rotatable bonds is 12. The highest BCUT2D eigenvalue weighted by Gasteiger charge is 2.33. The van der Waals surface area contributed by atoms with Gasteiger partial charge < -0.3 is 10.2 Å². The third-order valence-electron chi connectivity index (χ3n) is 5.95. The van der Waals surface area contributed by atoms with E-state index in [0.29, 0.717) is 28.4 Å². The van der Waals surface area contributed by atoms with Gasteiger partial charge in [-0.15, -0.1) is 0 Å². The molecule has 1 atom stereocenters. The van der Waals surface area contributed by atoms with Crippen molar-refractivity contribution in [3.63, 3.8) is 0 Å². The highest BCUT2D eigenvalue weighted by atomic mass is 35.5. The number of nitrogens with zero attached hydrogens (tertiary/aromatic N) is 3.